The third kappa shape index (κ3) is 4.60. The van der Waals surface area contributed by atoms with Crippen molar-refractivity contribution in [2.45, 2.75) is 50.5 Å². The van der Waals surface area contributed by atoms with Gasteiger partial charge in [-0.2, -0.15) is 0 Å². The van der Waals surface area contributed by atoms with E-state index in [0.717, 1.165) is 37.0 Å². The van der Waals surface area contributed by atoms with Crippen molar-refractivity contribution in [3.63, 3.8) is 0 Å². The number of hydrogen-bond acceptors (Lipinski definition) is 5. The standard InChI is InChI=1S/C19H24N4O3.C4H9N/c1-21-9-7-12(8-10-21)13-3-4-14-16(11-13)22(2)19(26)23(14)15-5-6-17(24)20-18(15)25;1-2-4-5-3-1/h3-4,11-12,15H,5-10H2,1-2H3,(H,20,24,25);5H,1-4H2. The second kappa shape index (κ2) is 9.36. The summed E-state index contributed by atoms with van der Waals surface area (Å²) in [7, 11) is 3.88. The molecule has 4 heterocycles. The largest absolute Gasteiger partial charge is 0.329 e. The maximum Gasteiger partial charge on any atom is 0.329 e. The Morgan fingerprint density at radius 1 is 0.935 bits per heavy atom. The van der Waals surface area contributed by atoms with Crippen molar-refractivity contribution in [3.8, 4) is 0 Å². The molecule has 8 heteroatoms. The molecule has 0 bridgehead atoms. The van der Waals surface area contributed by atoms with Crippen LogP contribution in [0.2, 0.25) is 0 Å². The van der Waals surface area contributed by atoms with Crippen molar-refractivity contribution in [2.75, 3.05) is 33.2 Å². The minimum Gasteiger partial charge on any atom is -0.317 e. The molecular weight excluding hydrogens is 394 g/mol. The van der Waals surface area contributed by atoms with Gasteiger partial charge in [-0.15, -0.1) is 0 Å². The molecule has 2 N–H and O–H groups in total. The first kappa shape index (κ1) is 21.8. The summed E-state index contributed by atoms with van der Waals surface area (Å²) in [4.78, 5) is 38.8. The Labute approximate surface area is 182 Å². The fourth-order valence-electron chi connectivity index (χ4n) is 4.83. The van der Waals surface area contributed by atoms with Crippen LogP contribution in [0, 0.1) is 0 Å². The Balaban J connectivity index is 0.000000407. The van der Waals surface area contributed by atoms with Crippen LogP contribution in [0.5, 0.6) is 0 Å². The zero-order valence-corrected chi connectivity index (χ0v) is 18.5. The number of nitrogens with zero attached hydrogens (tertiary/aromatic N) is 3. The first-order chi connectivity index (χ1) is 15.0. The summed E-state index contributed by atoms with van der Waals surface area (Å²) in [6.45, 7) is 4.66. The van der Waals surface area contributed by atoms with Gasteiger partial charge >= 0.3 is 5.69 Å². The van der Waals surface area contributed by atoms with E-state index in [2.05, 4.69) is 34.7 Å². The van der Waals surface area contributed by atoms with Gasteiger partial charge in [-0.3, -0.25) is 24.0 Å². The Bertz CT molecular complexity index is 1000. The molecule has 0 saturated carbocycles. The number of hydrogen-bond donors (Lipinski definition) is 2. The molecule has 0 spiro atoms. The van der Waals surface area contributed by atoms with Gasteiger partial charge in [-0.05, 0) is 88.9 Å². The molecule has 3 fully saturated rings. The first-order valence-electron chi connectivity index (χ1n) is 11.4. The number of rotatable bonds is 2. The highest BCUT2D eigenvalue weighted by Gasteiger charge is 2.31. The molecule has 3 saturated heterocycles. The zero-order valence-electron chi connectivity index (χ0n) is 18.5. The SMILES string of the molecule is C1CCNC1.CN1CCC(c2ccc3c(c2)n(C)c(=O)n3C2CCC(=O)NC2=O)CC1. The van der Waals surface area contributed by atoms with E-state index in [9.17, 15) is 14.4 Å². The molecule has 168 valence electrons. The van der Waals surface area contributed by atoms with E-state index < -0.39 is 11.9 Å². The third-order valence-electron chi connectivity index (χ3n) is 6.78. The molecule has 1 aromatic carbocycles. The van der Waals surface area contributed by atoms with Crippen LogP contribution < -0.4 is 16.3 Å². The van der Waals surface area contributed by atoms with E-state index in [1.165, 1.54) is 36.1 Å². The Hall–Kier alpha value is -2.45. The number of imide groups is 1. The van der Waals surface area contributed by atoms with E-state index in [1.807, 2.05) is 6.07 Å². The number of carbonyl (C=O) groups excluding carboxylic acids is 2. The molecule has 1 aromatic heterocycles. The van der Waals surface area contributed by atoms with E-state index in [0.29, 0.717) is 12.3 Å². The molecular formula is C23H33N5O3. The fraction of sp³-hybridized carbons (Fsp3) is 0.609. The van der Waals surface area contributed by atoms with Crippen molar-refractivity contribution in [2.24, 2.45) is 7.05 Å². The lowest BCUT2D eigenvalue weighted by Crippen LogP contribution is -2.44. The fourth-order valence-corrected chi connectivity index (χ4v) is 4.83. The molecule has 2 aromatic rings. The molecule has 2 amide bonds. The van der Waals surface area contributed by atoms with Crippen LogP contribution in [0.15, 0.2) is 23.0 Å². The van der Waals surface area contributed by atoms with Crippen LogP contribution in [0.4, 0.5) is 0 Å². The predicted octanol–water partition coefficient (Wildman–Crippen LogP) is 1.50. The monoisotopic (exact) mass is 427 g/mol. The van der Waals surface area contributed by atoms with E-state index in [-0.39, 0.29) is 18.0 Å². The highest BCUT2D eigenvalue weighted by molar-refractivity contribution is 6.00. The van der Waals surface area contributed by atoms with Gasteiger partial charge in [0.05, 0.1) is 11.0 Å². The molecule has 1 unspecified atom stereocenters. The predicted molar refractivity (Wildman–Crippen MR) is 120 cm³/mol. The number of fused-ring (bicyclic) bond motifs is 1. The van der Waals surface area contributed by atoms with Crippen LogP contribution in [0.25, 0.3) is 11.0 Å². The topological polar surface area (TPSA) is 88.4 Å². The number of piperidine rings is 2. The molecule has 3 aliphatic rings. The maximum atomic E-state index is 12.8. The van der Waals surface area contributed by atoms with Crippen LogP contribution >= 0.6 is 0 Å². The average molecular weight is 428 g/mol. The van der Waals surface area contributed by atoms with Gasteiger partial charge in [0.1, 0.15) is 6.04 Å². The molecule has 31 heavy (non-hydrogen) atoms. The number of imidazole rings is 1. The minimum absolute atomic E-state index is 0.213. The third-order valence-corrected chi connectivity index (χ3v) is 6.78. The van der Waals surface area contributed by atoms with E-state index >= 15 is 0 Å². The molecule has 0 aliphatic carbocycles. The Morgan fingerprint density at radius 3 is 2.26 bits per heavy atom. The van der Waals surface area contributed by atoms with Crippen LogP contribution in [0.1, 0.15) is 56.0 Å². The number of likely N-dealkylation sites (tertiary alicyclic amines) is 1. The van der Waals surface area contributed by atoms with Crippen LogP contribution in [0.3, 0.4) is 0 Å². The molecule has 1 atom stereocenters. The van der Waals surface area contributed by atoms with E-state index in [1.54, 1.807) is 11.6 Å². The van der Waals surface area contributed by atoms with Crippen LogP contribution in [-0.4, -0.2) is 59.1 Å². The normalized spacial score (nSPS) is 23.0. The summed E-state index contributed by atoms with van der Waals surface area (Å²) < 4.78 is 3.15. The summed E-state index contributed by atoms with van der Waals surface area (Å²) in [5.41, 5.74) is 2.64. The summed E-state index contributed by atoms with van der Waals surface area (Å²) in [6.07, 6.45) is 5.63. The van der Waals surface area contributed by atoms with Gasteiger partial charge in [0, 0.05) is 13.5 Å². The van der Waals surface area contributed by atoms with Crippen molar-refractivity contribution in [1.82, 2.24) is 24.7 Å². The number of aromatic nitrogens is 2. The van der Waals surface area contributed by atoms with Crippen molar-refractivity contribution < 1.29 is 9.59 Å². The molecule has 5 rings (SSSR count). The molecule has 8 nitrogen and oxygen atoms in total. The van der Waals surface area contributed by atoms with Gasteiger partial charge < -0.3 is 10.2 Å². The van der Waals surface area contributed by atoms with Crippen molar-refractivity contribution >= 4 is 22.8 Å². The smallest absolute Gasteiger partial charge is 0.317 e. The van der Waals surface area contributed by atoms with Crippen molar-refractivity contribution in [1.29, 1.82) is 0 Å². The van der Waals surface area contributed by atoms with Gasteiger partial charge in [0.15, 0.2) is 0 Å². The lowest BCUT2D eigenvalue weighted by Gasteiger charge is -2.29. The Morgan fingerprint density at radius 2 is 1.65 bits per heavy atom. The van der Waals surface area contributed by atoms with Crippen molar-refractivity contribution in [3.05, 3.63) is 34.2 Å². The first-order valence-corrected chi connectivity index (χ1v) is 11.4. The maximum absolute atomic E-state index is 12.8. The summed E-state index contributed by atoms with van der Waals surface area (Å²) in [5, 5.41) is 5.57. The number of benzene rings is 1. The quantitative estimate of drug-likeness (QED) is 0.709. The molecule has 3 aliphatic heterocycles. The van der Waals surface area contributed by atoms with Crippen LogP contribution in [-0.2, 0) is 16.6 Å². The average Bonchev–Trinajstić information content (AvgIpc) is 3.42. The summed E-state index contributed by atoms with van der Waals surface area (Å²) in [5.74, 6) is -0.163. The highest BCUT2D eigenvalue weighted by Crippen LogP contribution is 2.30. The van der Waals surface area contributed by atoms with Gasteiger partial charge in [-0.25, -0.2) is 4.79 Å². The highest BCUT2D eigenvalue weighted by atomic mass is 16.2. The molecule has 0 radical (unpaired) electrons. The summed E-state index contributed by atoms with van der Waals surface area (Å²) >= 11 is 0. The van der Waals surface area contributed by atoms with Gasteiger partial charge in [0.25, 0.3) is 0 Å². The summed E-state index contributed by atoms with van der Waals surface area (Å²) in [6, 6.07) is 5.50. The van der Waals surface area contributed by atoms with Gasteiger partial charge in [-0.1, -0.05) is 6.07 Å². The van der Waals surface area contributed by atoms with E-state index in [4.69, 9.17) is 0 Å². The number of aryl methyl sites for hydroxylation is 1. The lowest BCUT2D eigenvalue weighted by atomic mass is 9.89. The minimum atomic E-state index is -0.627. The number of amides is 2. The number of carbonyl (C=O) groups is 2. The zero-order chi connectivity index (χ0) is 22.0. The van der Waals surface area contributed by atoms with Gasteiger partial charge in [0.2, 0.25) is 11.8 Å². The number of nitrogens with one attached hydrogen (secondary N) is 2. The Kier molecular flexibility index (Phi) is 6.57. The lowest BCUT2D eigenvalue weighted by molar-refractivity contribution is -0.135. The second-order valence-electron chi connectivity index (χ2n) is 8.96. The second-order valence-corrected chi connectivity index (χ2v) is 8.96.